The Morgan fingerprint density at radius 1 is 1.18 bits per heavy atom. The summed E-state index contributed by atoms with van der Waals surface area (Å²) in [7, 11) is 0. The van der Waals surface area contributed by atoms with Gasteiger partial charge in [-0.2, -0.15) is 0 Å². The molecule has 1 aliphatic carbocycles. The molecule has 1 aromatic carbocycles. The second kappa shape index (κ2) is 6.46. The molecule has 2 aliphatic rings. The van der Waals surface area contributed by atoms with Gasteiger partial charge in [0.1, 0.15) is 5.82 Å². The molecule has 0 unspecified atom stereocenters. The highest BCUT2D eigenvalue weighted by Gasteiger charge is 2.35. The van der Waals surface area contributed by atoms with E-state index in [1.807, 2.05) is 4.90 Å². The van der Waals surface area contributed by atoms with Crippen LogP contribution in [0, 0.1) is 11.7 Å². The molecule has 1 saturated carbocycles. The van der Waals surface area contributed by atoms with Crippen LogP contribution in [0.25, 0.3) is 0 Å². The zero-order valence-electron chi connectivity index (χ0n) is 12.6. The number of amides is 2. The third-order valence-corrected chi connectivity index (χ3v) is 4.35. The minimum absolute atomic E-state index is 0.0856. The highest BCUT2D eigenvalue weighted by atomic mass is 19.1. The third-order valence-electron chi connectivity index (χ3n) is 4.35. The zero-order valence-corrected chi connectivity index (χ0v) is 12.6. The minimum atomic E-state index is -0.322. The first-order valence-corrected chi connectivity index (χ1v) is 7.94. The highest BCUT2D eigenvalue weighted by molar-refractivity contribution is 5.81. The second-order valence-corrected chi connectivity index (χ2v) is 6.25. The van der Waals surface area contributed by atoms with E-state index < -0.39 is 0 Å². The Kier molecular flexibility index (Phi) is 4.41. The van der Waals surface area contributed by atoms with Crippen LogP contribution < -0.4 is 5.32 Å². The Balaban J connectivity index is 1.44. The van der Waals surface area contributed by atoms with Gasteiger partial charge in [-0.1, -0.05) is 12.1 Å². The van der Waals surface area contributed by atoms with E-state index in [-0.39, 0.29) is 36.0 Å². The van der Waals surface area contributed by atoms with Gasteiger partial charge in [0.25, 0.3) is 0 Å². The monoisotopic (exact) mass is 304 g/mol. The van der Waals surface area contributed by atoms with Crippen LogP contribution >= 0.6 is 0 Å². The number of nitrogens with zero attached hydrogens (tertiary/aromatic N) is 1. The van der Waals surface area contributed by atoms with Crippen molar-refractivity contribution in [3.63, 3.8) is 0 Å². The molecule has 1 aliphatic heterocycles. The Hall–Kier alpha value is -1.91. The van der Waals surface area contributed by atoms with Crippen LogP contribution in [0.15, 0.2) is 24.3 Å². The van der Waals surface area contributed by atoms with Gasteiger partial charge in [-0.15, -0.1) is 0 Å². The van der Waals surface area contributed by atoms with E-state index in [0.717, 1.165) is 38.8 Å². The van der Waals surface area contributed by atoms with E-state index in [2.05, 4.69) is 5.32 Å². The maximum absolute atomic E-state index is 13.1. The van der Waals surface area contributed by atoms with E-state index in [4.69, 9.17) is 0 Å². The number of halogens is 1. The zero-order chi connectivity index (χ0) is 15.5. The molecule has 1 N–H and O–H groups in total. The number of piperidine rings is 1. The standard InChI is InChI=1S/C17H21FN2O2/c18-14-3-1-2-12(10-14)11-16(21)19-15-6-8-20(9-7-15)17(22)13-4-5-13/h1-3,10,13,15H,4-9,11H2,(H,19,21). The topological polar surface area (TPSA) is 49.4 Å². The number of benzene rings is 1. The molecule has 1 heterocycles. The molecule has 118 valence electrons. The fourth-order valence-corrected chi connectivity index (χ4v) is 2.94. The summed E-state index contributed by atoms with van der Waals surface area (Å²) in [6.45, 7) is 1.44. The molecule has 2 fully saturated rings. The Morgan fingerprint density at radius 3 is 2.55 bits per heavy atom. The number of carbonyl (C=O) groups excluding carboxylic acids is 2. The van der Waals surface area contributed by atoms with Gasteiger partial charge in [0.15, 0.2) is 0 Å². The Bertz CT molecular complexity index is 564. The first kappa shape index (κ1) is 15.0. The summed E-state index contributed by atoms with van der Waals surface area (Å²) in [4.78, 5) is 25.9. The number of hydrogen-bond donors (Lipinski definition) is 1. The van der Waals surface area contributed by atoms with Crippen molar-refractivity contribution in [3.8, 4) is 0 Å². The summed E-state index contributed by atoms with van der Waals surface area (Å²) >= 11 is 0. The summed E-state index contributed by atoms with van der Waals surface area (Å²) < 4.78 is 13.1. The first-order chi connectivity index (χ1) is 10.6. The fourth-order valence-electron chi connectivity index (χ4n) is 2.94. The van der Waals surface area contributed by atoms with Crippen LogP contribution in [0.4, 0.5) is 4.39 Å². The predicted molar refractivity (Wildman–Crippen MR) is 80.6 cm³/mol. The molecule has 1 aromatic rings. The van der Waals surface area contributed by atoms with Gasteiger partial charge in [-0.05, 0) is 43.4 Å². The molecule has 0 radical (unpaired) electrons. The van der Waals surface area contributed by atoms with Crippen LogP contribution in [-0.2, 0) is 16.0 Å². The lowest BCUT2D eigenvalue weighted by Gasteiger charge is -2.32. The number of carbonyl (C=O) groups is 2. The highest BCUT2D eigenvalue weighted by Crippen LogP contribution is 2.31. The molecule has 3 rings (SSSR count). The van der Waals surface area contributed by atoms with Gasteiger partial charge in [0.05, 0.1) is 6.42 Å². The van der Waals surface area contributed by atoms with Crippen molar-refractivity contribution in [2.75, 3.05) is 13.1 Å². The van der Waals surface area contributed by atoms with Crippen LogP contribution in [0.3, 0.4) is 0 Å². The normalized spacial score (nSPS) is 19.0. The SMILES string of the molecule is O=C(Cc1cccc(F)c1)NC1CCN(C(=O)C2CC2)CC1. The largest absolute Gasteiger partial charge is 0.353 e. The van der Waals surface area contributed by atoms with Crippen LogP contribution in [-0.4, -0.2) is 35.8 Å². The van der Waals surface area contributed by atoms with Gasteiger partial charge in [-0.25, -0.2) is 4.39 Å². The average Bonchev–Trinajstić information content (AvgIpc) is 3.32. The number of rotatable bonds is 4. The van der Waals surface area contributed by atoms with E-state index in [1.165, 1.54) is 12.1 Å². The molecule has 0 spiro atoms. The molecule has 22 heavy (non-hydrogen) atoms. The van der Waals surface area contributed by atoms with Gasteiger partial charge < -0.3 is 10.2 Å². The molecule has 4 nitrogen and oxygen atoms in total. The molecule has 5 heteroatoms. The van der Waals surface area contributed by atoms with Crippen LogP contribution in [0.1, 0.15) is 31.2 Å². The minimum Gasteiger partial charge on any atom is -0.353 e. The van der Waals surface area contributed by atoms with E-state index in [0.29, 0.717) is 5.56 Å². The van der Waals surface area contributed by atoms with Crippen molar-refractivity contribution in [3.05, 3.63) is 35.6 Å². The van der Waals surface area contributed by atoms with Crippen molar-refractivity contribution in [2.45, 2.75) is 38.1 Å². The predicted octanol–water partition coefficient (Wildman–Crippen LogP) is 1.89. The second-order valence-electron chi connectivity index (χ2n) is 6.25. The summed E-state index contributed by atoms with van der Waals surface area (Å²) in [6.07, 6.45) is 3.85. The van der Waals surface area contributed by atoms with Gasteiger partial charge in [0, 0.05) is 25.0 Å². The van der Waals surface area contributed by atoms with E-state index in [9.17, 15) is 14.0 Å². The Labute approximate surface area is 129 Å². The summed E-state index contributed by atoms with van der Waals surface area (Å²) in [5, 5.41) is 2.99. The lowest BCUT2D eigenvalue weighted by atomic mass is 10.0. The van der Waals surface area contributed by atoms with Gasteiger partial charge in [-0.3, -0.25) is 9.59 Å². The lowest BCUT2D eigenvalue weighted by Crippen LogP contribution is -2.47. The van der Waals surface area contributed by atoms with Crippen molar-refractivity contribution < 1.29 is 14.0 Å². The van der Waals surface area contributed by atoms with Crippen molar-refractivity contribution in [1.82, 2.24) is 10.2 Å². The maximum Gasteiger partial charge on any atom is 0.225 e. The molecular formula is C17H21FN2O2. The van der Waals surface area contributed by atoms with Crippen molar-refractivity contribution in [1.29, 1.82) is 0 Å². The smallest absolute Gasteiger partial charge is 0.225 e. The molecule has 0 aromatic heterocycles. The average molecular weight is 304 g/mol. The maximum atomic E-state index is 13.1. The van der Waals surface area contributed by atoms with Gasteiger partial charge >= 0.3 is 0 Å². The molecule has 0 bridgehead atoms. The summed E-state index contributed by atoms with van der Waals surface area (Å²) in [5.74, 6) is 0.137. The number of likely N-dealkylation sites (tertiary alicyclic amines) is 1. The molecule has 0 atom stereocenters. The van der Waals surface area contributed by atoms with E-state index in [1.54, 1.807) is 12.1 Å². The van der Waals surface area contributed by atoms with Crippen LogP contribution in [0.5, 0.6) is 0 Å². The first-order valence-electron chi connectivity index (χ1n) is 7.94. The number of nitrogens with one attached hydrogen (secondary N) is 1. The van der Waals surface area contributed by atoms with Crippen LogP contribution in [0.2, 0.25) is 0 Å². The number of hydrogen-bond acceptors (Lipinski definition) is 2. The summed E-state index contributed by atoms with van der Waals surface area (Å²) in [6, 6.07) is 6.23. The molecule has 2 amide bonds. The molecule has 1 saturated heterocycles. The van der Waals surface area contributed by atoms with Crippen molar-refractivity contribution >= 4 is 11.8 Å². The van der Waals surface area contributed by atoms with Gasteiger partial charge in [0.2, 0.25) is 11.8 Å². The fraction of sp³-hybridized carbons (Fsp3) is 0.529. The summed E-state index contributed by atoms with van der Waals surface area (Å²) in [5.41, 5.74) is 0.679. The van der Waals surface area contributed by atoms with Crippen molar-refractivity contribution in [2.24, 2.45) is 5.92 Å². The lowest BCUT2D eigenvalue weighted by molar-refractivity contribution is -0.133. The Morgan fingerprint density at radius 2 is 1.91 bits per heavy atom. The quantitative estimate of drug-likeness (QED) is 0.923. The third kappa shape index (κ3) is 3.84. The molecular weight excluding hydrogens is 283 g/mol. The van der Waals surface area contributed by atoms with E-state index >= 15 is 0 Å².